The van der Waals surface area contributed by atoms with Crippen LogP contribution >= 0.6 is 0 Å². The van der Waals surface area contributed by atoms with Gasteiger partial charge in [0.15, 0.2) is 0 Å². The van der Waals surface area contributed by atoms with Crippen LogP contribution in [0.25, 0.3) is 0 Å². The normalized spacial score (nSPS) is 19.4. The molecule has 1 aliphatic heterocycles. The fourth-order valence-corrected chi connectivity index (χ4v) is 4.43. The molecule has 1 saturated heterocycles. The van der Waals surface area contributed by atoms with Gasteiger partial charge >= 0.3 is 5.97 Å². The SMILES string of the molecule is CCOC(=O)CN[C@H](C(=O)N1CC[C@H]1C(=O)NCc1ccc(C#N)cc1)C1CCCCC1. The Labute approximate surface area is 189 Å². The highest BCUT2D eigenvalue weighted by Crippen LogP contribution is 2.29. The Morgan fingerprint density at radius 1 is 1.16 bits per heavy atom. The Balaban J connectivity index is 1.58. The Hall–Kier alpha value is -2.92. The van der Waals surface area contributed by atoms with E-state index >= 15 is 0 Å². The predicted octanol–water partition coefficient (Wildman–Crippen LogP) is 1.88. The van der Waals surface area contributed by atoms with Crippen molar-refractivity contribution in [2.45, 2.75) is 64.1 Å². The van der Waals surface area contributed by atoms with E-state index in [-0.39, 0.29) is 30.2 Å². The number of esters is 1. The van der Waals surface area contributed by atoms with Crippen molar-refractivity contribution in [3.05, 3.63) is 35.4 Å². The quantitative estimate of drug-likeness (QED) is 0.567. The number of nitriles is 1. The molecule has 3 rings (SSSR count). The van der Waals surface area contributed by atoms with Crippen LogP contribution in [0.3, 0.4) is 0 Å². The Bertz CT molecular complexity index is 843. The summed E-state index contributed by atoms with van der Waals surface area (Å²) in [6.07, 6.45) is 5.82. The highest BCUT2D eigenvalue weighted by molar-refractivity contribution is 5.91. The largest absolute Gasteiger partial charge is 0.465 e. The number of hydrogen-bond donors (Lipinski definition) is 2. The number of nitrogens with zero attached hydrogens (tertiary/aromatic N) is 2. The van der Waals surface area contributed by atoms with Crippen molar-refractivity contribution < 1.29 is 19.1 Å². The number of carbonyl (C=O) groups excluding carboxylic acids is 3. The number of carbonyl (C=O) groups is 3. The molecule has 0 unspecified atom stereocenters. The summed E-state index contributed by atoms with van der Waals surface area (Å²) in [5.41, 5.74) is 1.46. The number of ether oxygens (including phenoxy) is 1. The molecule has 1 aromatic carbocycles. The predicted molar refractivity (Wildman–Crippen MR) is 118 cm³/mol. The topological polar surface area (TPSA) is 112 Å². The second-order valence-electron chi connectivity index (χ2n) is 8.42. The van der Waals surface area contributed by atoms with Gasteiger partial charge in [0.1, 0.15) is 6.04 Å². The molecule has 2 fully saturated rings. The lowest BCUT2D eigenvalue weighted by molar-refractivity contribution is -0.151. The molecule has 1 heterocycles. The van der Waals surface area contributed by atoms with E-state index in [2.05, 4.69) is 16.7 Å². The Kier molecular flexibility index (Phi) is 8.63. The molecule has 0 spiro atoms. The van der Waals surface area contributed by atoms with Crippen LogP contribution in [0, 0.1) is 17.2 Å². The smallest absolute Gasteiger partial charge is 0.319 e. The van der Waals surface area contributed by atoms with Crippen LogP contribution in [0.2, 0.25) is 0 Å². The molecule has 1 saturated carbocycles. The van der Waals surface area contributed by atoms with Gasteiger partial charge in [0.05, 0.1) is 30.8 Å². The first-order chi connectivity index (χ1) is 15.5. The standard InChI is InChI=1S/C24H32N4O4/c1-2-32-21(29)16-26-22(19-6-4-3-5-7-19)24(31)28-13-12-20(28)23(30)27-15-18-10-8-17(14-25)9-11-18/h8-11,19-20,22,26H,2-7,12-13,15-16H2,1H3,(H,27,30)/t20-,22-/m0/s1. The molecule has 2 amide bonds. The van der Waals surface area contributed by atoms with E-state index in [1.807, 2.05) is 0 Å². The minimum Gasteiger partial charge on any atom is -0.465 e. The van der Waals surface area contributed by atoms with E-state index in [1.54, 1.807) is 36.1 Å². The van der Waals surface area contributed by atoms with Crippen molar-refractivity contribution in [2.24, 2.45) is 5.92 Å². The third-order valence-corrected chi connectivity index (χ3v) is 6.31. The summed E-state index contributed by atoms with van der Waals surface area (Å²) >= 11 is 0. The van der Waals surface area contributed by atoms with E-state index < -0.39 is 12.1 Å². The molecule has 0 radical (unpaired) electrons. The molecule has 1 aromatic rings. The number of benzene rings is 1. The van der Waals surface area contributed by atoms with Crippen molar-refractivity contribution >= 4 is 17.8 Å². The van der Waals surface area contributed by atoms with Crippen molar-refractivity contribution in [2.75, 3.05) is 19.7 Å². The third kappa shape index (κ3) is 6.07. The molecule has 1 aliphatic carbocycles. The molecular formula is C24H32N4O4. The molecule has 2 aliphatic rings. The van der Waals surface area contributed by atoms with E-state index in [1.165, 1.54) is 6.42 Å². The van der Waals surface area contributed by atoms with Gasteiger partial charge in [-0.25, -0.2) is 0 Å². The van der Waals surface area contributed by atoms with Gasteiger partial charge in [-0.05, 0) is 49.8 Å². The first kappa shape index (κ1) is 23.7. The third-order valence-electron chi connectivity index (χ3n) is 6.31. The minimum absolute atomic E-state index is 0.00978. The van der Waals surface area contributed by atoms with E-state index in [9.17, 15) is 14.4 Å². The molecule has 0 aromatic heterocycles. The molecule has 2 N–H and O–H groups in total. The van der Waals surface area contributed by atoms with Gasteiger partial charge < -0.3 is 15.0 Å². The average molecular weight is 441 g/mol. The summed E-state index contributed by atoms with van der Waals surface area (Å²) in [4.78, 5) is 39.6. The maximum absolute atomic E-state index is 13.4. The zero-order valence-electron chi connectivity index (χ0n) is 18.6. The highest BCUT2D eigenvalue weighted by atomic mass is 16.5. The van der Waals surface area contributed by atoms with Crippen molar-refractivity contribution in [1.29, 1.82) is 5.26 Å². The average Bonchev–Trinajstić information content (AvgIpc) is 2.78. The van der Waals surface area contributed by atoms with Gasteiger partial charge in [-0.15, -0.1) is 0 Å². The summed E-state index contributed by atoms with van der Waals surface area (Å²) in [5, 5.41) is 14.9. The Morgan fingerprint density at radius 3 is 2.47 bits per heavy atom. The van der Waals surface area contributed by atoms with Crippen LogP contribution in [0.1, 0.15) is 56.6 Å². The minimum atomic E-state index is -0.489. The highest BCUT2D eigenvalue weighted by Gasteiger charge is 2.42. The molecule has 32 heavy (non-hydrogen) atoms. The number of nitrogens with one attached hydrogen (secondary N) is 2. The fourth-order valence-electron chi connectivity index (χ4n) is 4.43. The van der Waals surface area contributed by atoms with Gasteiger partial charge in [0.2, 0.25) is 11.8 Å². The van der Waals surface area contributed by atoms with E-state index in [4.69, 9.17) is 10.00 Å². The molecule has 8 nitrogen and oxygen atoms in total. The maximum atomic E-state index is 13.4. The van der Waals surface area contributed by atoms with Crippen molar-refractivity contribution in [3.8, 4) is 6.07 Å². The first-order valence-electron chi connectivity index (χ1n) is 11.5. The summed E-state index contributed by atoms with van der Waals surface area (Å²) in [7, 11) is 0. The van der Waals surface area contributed by atoms with Crippen LogP contribution in [-0.2, 0) is 25.7 Å². The summed E-state index contributed by atoms with van der Waals surface area (Å²) < 4.78 is 5.00. The maximum Gasteiger partial charge on any atom is 0.319 e. The number of amides is 2. The molecular weight excluding hydrogens is 408 g/mol. The summed E-state index contributed by atoms with van der Waals surface area (Å²) in [5.74, 6) is -0.497. The van der Waals surface area contributed by atoms with Crippen molar-refractivity contribution in [1.82, 2.24) is 15.5 Å². The Morgan fingerprint density at radius 2 is 1.88 bits per heavy atom. The molecule has 2 atom stereocenters. The zero-order chi connectivity index (χ0) is 22.9. The van der Waals surface area contributed by atoms with Crippen LogP contribution in [0.4, 0.5) is 0 Å². The summed E-state index contributed by atoms with van der Waals surface area (Å²) in [6, 6.07) is 8.14. The first-order valence-corrected chi connectivity index (χ1v) is 11.5. The lowest BCUT2D eigenvalue weighted by Crippen LogP contribution is -2.63. The van der Waals surface area contributed by atoms with Crippen LogP contribution in [-0.4, -0.2) is 54.5 Å². The fraction of sp³-hybridized carbons (Fsp3) is 0.583. The van der Waals surface area contributed by atoms with Gasteiger partial charge in [-0.2, -0.15) is 5.26 Å². The summed E-state index contributed by atoms with van der Waals surface area (Å²) in [6.45, 7) is 2.93. The van der Waals surface area contributed by atoms with Crippen LogP contribution < -0.4 is 10.6 Å². The number of likely N-dealkylation sites (tertiary alicyclic amines) is 1. The molecule has 8 heteroatoms. The van der Waals surface area contributed by atoms with Gasteiger partial charge in [0, 0.05) is 13.1 Å². The van der Waals surface area contributed by atoms with E-state index in [0.29, 0.717) is 31.7 Å². The molecule has 172 valence electrons. The zero-order valence-corrected chi connectivity index (χ0v) is 18.6. The number of rotatable bonds is 9. The van der Waals surface area contributed by atoms with Crippen molar-refractivity contribution in [3.63, 3.8) is 0 Å². The second-order valence-corrected chi connectivity index (χ2v) is 8.42. The van der Waals surface area contributed by atoms with Gasteiger partial charge in [0.25, 0.3) is 0 Å². The van der Waals surface area contributed by atoms with E-state index in [0.717, 1.165) is 31.2 Å². The lowest BCUT2D eigenvalue weighted by Gasteiger charge is -2.43. The van der Waals surface area contributed by atoms with Crippen LogP contribution in [0.15, 0.2) is 24.3 Å². The molecule has 0 bridgehead atoms. The second kappa shape index (κ2) is 11.6. The lowest BCUT2D eigenvalue weighted by atomic mass is 9.82. The van der Waals surface area contributed by atoms with Gasteiger partial charge in [-0.1, -0.05) is 31.4 Å². The van der Waals surface area contributed by atoms with Gasteiger partial charge in [-0.3, -0.25) is 19.7 Å². The number of hydrogen-bond acceptors (Lipinski definition) is 6. The monoisotopic (exact) mass is 440 g/mol. The van der Waals surface area contributed by atoms with Crippen LogP contribution in [0.5, 0.6) is 0 Å².